The SMILES string of the molecule is CN1OC(c2ccccc2)=CC1c1ccccc1. The Kier molecular flexibility index (Phi) is 2.87. The highest BCUT2D eigenvalue weighted by atomic mass is 16.7. The molecule has 2 aromatic rings. The molecular formula is C16H15NO. The molecule has 90 valence electrons. The Morgan fingerprint density at radius 3 is 2.17 bits per heavy atom. The van der Waals surface area contributed by atoms with Gasteiger partial charge >= 0.3 is 0 Å². The van der Waals surface area contributed by atoms with E-state index in [1.165, 1.54) is 5.56 Å². The Labute approximate surface area is 107 Å². The third-order valence-corrected chi connectivity index (χ3v) is 3.14. The van der Waals surface area contributed by atoms with Crippen LogP contribution in [0.15, 0.2) is 66.7 Å². The second-order valence-electron chi connectivity index (χ2n) is 4.39. The Morgan fingerprint density at radius 1 is 0.889 bits per heavy atom. The van der Waals surface area contributed by atoms with Gasteiger partial charge in [0.25, 0.3) is 0 Å². The van der Waals surface area contributed by atoms with Crippen molar-refractivity contribution >= 4 is 5.76 Å². The summed E-state index contributed by atoms with van der Waals surface area (Å²) in [5.74, 6) is 0.923. The molecule has 0 bridgehead atoms. The van der Waals surface area contributed by atoms with E-state index >= 15 is 0 Å². The van der Waals surface area contributed by atoms with E-state index in [-0.39, 0.29) is 6.04 Å². The first kappa shape index (κ1) is 11.1. The second kappa shape index (κ2) is 4.67. The summed E-state index contributed by atoms with van der Waals surface area (Å²) in [7, 11) is 1.96. The molecule has 1 heterocycles. The van der Waals surface area contributed by atoms with Gasteiger partial charge in [0, 0.05) is 12.6 Å². The van der Waals surface area contributed by atoms with E-state index in [1.807, 2.05) is 36.4 Å². The van der Waals surface area contributed by atoms with Crippen LogP contribution < -0.4 is 0 Å². The largest absolute Gasteiger partial charge is 0.405 e. The Morgan fingerprint density at radius 2 is 1.50 bits per heavy atom. The van der Waals surface area contributed by atoms with Crippen molar-refractivity contribution < 1.29 is 4.84 Å². The fraction of sp³-hybridized carbons (Fsp3) is 0.125. The topological polar surface area (TPSA) is 12.5 Å². The summed E-state index contributed by atoms with van der Waals surface area (Å²) in [6, 6.07) is 20.7. The fourth-order valence-corrected chi connectivity index (χ4v) is 2.20. The minimum atomic E-state index is 0.182. The number of hydroxylamine groups is 2. The molecule has 18 heavy (non-hydrogen) atoms. The van der Waals surface area contributed by atoms with Crippen LogP contribution in [0.3, 0.4) is 0 Å². The molecule has 0 N–H and O–H groups in total. The lowest BCUT2D eigenvalue weighted by molar-refractivity contribution is -0.0663. The first-order chi connectivity index (χ1) is 8.84. The van der Waals surface area contributed by atoms with Crippen LogP contribution in [-0.2, 0) is 4.84 Å². The smallest absolute Gasteiger partial charge is 0.152 e. The maximum absolute atomic E-state index is 5.81. The average molecular weight is 237 g/mol. The predicted molar refractivity (Wildman–Crippen MR) is 72.5 cm³/mol. The molecule has 2 nitrogen and oxygen atoms in total. The summed E-state index contributed by atoms with van der Waals surface area (Å²) in [5, 5.41) is 1.89. The summed E-state index contributed by atoms with van der Waals surface area (Å²) < 4.78 is 0. The van der Waals surface area contributed by atoms with Crippen LogP contribution >= 0.6 is 0 Å². The number of hydrogen-bond acceptors (Lipinski definition) is 2. The van der Waals surface area contributed by atoms with Crippen molar-refractivity contribution in [3.63, 3.8) is 0 Å². The Bertz CT molecular complexity index is 548. The van der Waals surface area contributed by atoms with Gasteiger partial charge in [-0.05, 0) is 11.6 Å². The van der Waals surface area contributed by atoms with Crippen molar-refractivity contribution in [1.29, 1.82) is 0 Å². The van der Waals surface area contributed by atoms with Crippen LogP contribution in [0.25, 0.3) is 5.76 Å². The Hall–Kier alpha value is -2.06. The maximum Gasteiger partial charge on any atom is 0.152 e. The van der Waals surface area contributed by atoms with Crippen LogP contribution in [0, 0.1) is 0 Å². The van der Waals surface area contributed by atoms with Gasteiger partial charge in [-0.2, -0.15) is 0 Å². The monoisotopic (exact) mass is 237 g/mol. The standard InChI is InChI=1S/C16H15NO/c1-17-15(13-8-4-2-5-9-13)12-16(18-17)14-10-6-3-7-11-14/h2-12,15H,1H3. The van der Waals surface area contributed by atoms with Gasteiger partial charge in [-0.3, -0.25) is 0 Å². The van der Waals surface area contributed by atoms with Crippen molar-refractivity contribution in [1.82, 2.24) is 5.06 Å². The van der Waals surface area contributed by atoms with Gasteiger partial charge in [-0.15, -0.1) is 5.06 Å². The number of benzene rings is 2. The van der Waals surface area contributed by atoms with Gasteiger partial charge in [0.1, 0.15) is 0 Å². The van der Waals surface area contributed by atoms with E-state index < -0.39 is 0 Å². The molecule has 0 aromatic heterocycles. The molecule has 0 radical (unpaired) electrons. The third-order valence-electron chi connectivity index (χ3n) is 3.14. The minimum absolute atomic E-state index is 0.182. The molecule has 1 aliphatic heterocycles. The average Bonchev–Trinajstić information content (AvgIpc) is 2.83. The molecule has 1 aliphatic rings. The molecule has 0 aliphatic carbocycles. The molecule has 0 spiro atoms. The number of nitrogens with zero attached hydrogens (tertiary/aromatic N) is 1. The van der Waals surface area contributed by atoms with Crippen LogP contribution in [0.1, 0.15) is 17.2 Å². The summed E-state index contributed by atoms with van der Waals surface area (Å²) in [4.78, 5) is 5.81. The van der Waals surface area contributed by atoms with Gasteiger partial charge in [-0.1, -0.05) is 60.7 Å². The molecule has 0 amide bonds. The zero-order valence-corrected chi connectivity index (χ0v) is 10.3. The van der Waals surface area contributed by atoms with Crippen LogP contribution in [0.2, 0.25) is 0 Å². The molecule has 0 saturated heterocycles. The lowest BCUT2D eigenvalue weighted by Gasteiger charge is -2.18. The fourth-order valence-electron chi connectivity index (χ4n) is 2.20. The van der Waals surface area contributed by atoms with Crippen molar-refractivity contribution in [2.24, 2.45) is 0 Å². The van der Waals surface area contributed by atoms with E-state index in [9.17, 15) is 0 Å². The van der Waals surface area contributed by atoms with Gasteiger partial charge in [0.05, 0.1) is 6.04 Å². The number of likely N-dealkylation sites (N-methyl/N-ethyl adjacent to an activating group) is 1. The van der Waals surface area contributed by atoms with E-state index in [2.05, 4.69) is 42.5 Å². The van der Waals surface area contributed by atoms with Gasteiger partial charge < -0.3 is 4.84 Å². The van der Waals surface area contributed by atoms with Crippen LogP contribution in [0.4, 0.5) is 0 Å². The van der Waals surface area contributed by atoms with Crippen LogP contribution in [-0.4, -0.2) is 12.1 Å². The highest BCUT2D eigenvalue weighted by Crippen LogP contribution is 2.34. The number of rotatable bonds is 2. The molecule has 3 rings (SSSR count). The molecule has 2 heteroatoms. The van der Waals surface area contributed by atoms with Crippen molar-refractivity contribution in [2.45, 2.75) is 6.04 Å². The first-order valence-corrected chi connectivity index (χ1v) is 6.07. The lowest BCUT2D eigenvalue weighted by atomic mass is 10.1. The highest BCUT2D eigenvalue weighted by Gasteiger charge is 2.25. The maximum atomic E-state index is 5.81. The quantitative estimate of drug-likeness (QED) is 0.790. The summed E-state index contributed by atoms with van der Waals surface area (Å²) >= 11 is 0. The molecule has 1 unspecified atom stereocenters. The third kappa shape index (κ3) is 2.03. The van der Waals surface area contributed by atoms with E-state index in [4.69, 9.17) is 4.84 Å². The molecule has 0 fully saturated rings. The van der Waals surface area contributed by atoms with Gasteiger partial charge in [0.15, 0.2) is 5.76 Å². The number of hydrogen-bond donors (Lipinski definition) is 0. The highest BCUT2D eigenvalue weighted by molar-refractivity contribution is 5.62. The predicted octanol–water partition coefficient (Wildman–Crippen LogP) is 3.65. The minimum Gasteiger partial charge on any atom is -0.405 e. The summed E-state index contributed by atoms with van der Waals surface area (Å²) in [5.41, 5.74) is 2.36. The molecular weight excluding hydrogens is 222 g/mol. The molecule has 1 atom stereocenters. The molecule has 0 saturated carbocycles. The normalized spacial score (nSPS) is 19.4. The molecule has 2 aromatic carbocycles. The Balaban J connectivity index is 1.92. The zero-order chi connectivity index (χ0) is 12.4. The van der Waals surface area contributed by atoms with E-state index in [0.717, 1.165) is 11.3 Å². The van der Waals surface area contributed by atoms with E-state index in [1.54, 1.807) is 0 Å². The second-order valence-corrected chi connectivity index (χ2v) is 4.39. The van der Waals surface area contributed by atoms with Gasteiger partial charge in [0.2, 0.25) is 0 Å². The first-order valence-electron chi connectivity index (χ1n) is 6.07. The van der Waals surface area contributed by atoms with Crippen molar-refractivity contribution in [3.05, 3.63) is 77.9 Å². The lowest BCUT2D eigenvalue weighted by Crippen LogP contribution is -2.16. The van der Waals surface area contributed by atoms with Crippen molar-refractivity contribution in [2.75, 3.05) is 7.05 Å². The summed E-state index contributed by atoms with van der Waals surface area (Å²) in [6.45, 7) is 0. The summed E-state index contributed by atoms with van der Waals surface area (Å²) in [6.07, 6.45) is 2.16. The zero-order valence-electron chi connectivity index (χ0n) is 10.3. The van der Waals surface area contributed by atoms with Gasteiger partial charge in [-0.25, -0.2) is 0 Å². The van der Waals surface area contributed by atoms with E-state index in [0.29, 0.717) is 0 Å². The van der Waals surface area contributed by atoms with Crippen LogP contribution in [0.5, 0.6) is 0 Å². The van der Waals surface area contributed by atoms with Crippen molar-refractivity contribution in [3.8, 4) is 0 Å².